The molecule has 1 aliphatic rings. The number of anilines is 1. The largest absolute Gasteiger partial charge is 0.463 e. The summed E-state index contributed by atoms with van der Waals surface area (Å²) in [6, 6.07) is 6.35. The lowest BCUT2D eigenvalue weighted by atomic mass is 9.94. The molecule has 1 aromatic carbocycles. The zero-order valence-electron chi connectivity index (χ0n) is 18.4. The molecule has 0 saturated carbocycles. The second-order valence-electron chi connectivity index (χ2n) is 7.38. The second-order valence-corrected chi connectivity index (χ2v) is 7.38. The number of unbranched alkanes of at least 4 members (excludes halogenated alkanes) is 2. The van der Waals surface area contributed by atoms with E-state index in [2.05, 4.69) is 17.6 Å². The standard InChI is InChI=1S/C23H33N3O4/c1-5-8-9-13-19(27)24-18-12-10-11-17(15-18)21-20(22(28)30-7-3)16(4)26(14-6-2)23(29)25-21/h10-12,15,21H,5-9,13-14H2,1-4H3,(H,24,27)(H,25,29). The van der Waals surface area contributed by atoms with Crippen LogP contribution in [0.4, 0.5) is 10.5 Å². The summed E-state index contributed by atoms with van der Waals surface area (Å²) in [5, 5.41) is 5.83. The van der Waals surface area contributed by atoms with Gasteiger partial charge < -0.3 is 15.4 Å². The normalized spacial score (nSPS) is 16.3. The molecule has 0 aliphatic carbocycles. The van der Waals surface area contributed by atoms with E-state index in [1.165, 1.54) is 0 Å². The van der Waals surface area contributed by atoms with E-state index in [-0.39, 0.29) is 18.5 Å². The van der Waals surface area contributed by atoms with Crippen molar-refractivity contribution >= 4 is 23.6 Å². The van der Waals surface area contributed by atoms with Crippen LogP contribution in [0.25, 0.3) is 0 Å². The van der Waals surface area contributed by atoms with Crippen molar-refractivity contribution in [2.75, 3.05) is 18.5 Å². The highest BCUT2D eigenvalue weighted by atomic mass is 16.5. The molecule has 0 bridgehead atoms. The smallest absolute Gasteiger partial charge is 0.338 e. The van der Waals surface area contributed by atoms with Gasteiger partial charge in [-0.25, -0.2) is 9.59 Å². The zero-order valence-corrected chi connectivity index (χ0v) is 18.4. The summed E-state index contributed by atoms with van der Waals surface area (Å²) in [5.74, 6) is -0.491. The van der Waals surface area contributed by atoms with E-state index in [0.717, 1.165) is 25.7 Å². The fourth-order valence-electron chi connectivity index (χ4n) is 3.55. The Kier molecular flexibility index (Phi) is 8.89. The van der Waals surface area contributed by atoms with Crippen LogP contribution in [0.3, 0.4) is 0 Å². The van der Waals surface area contributed by atoms with Gasteiger partial charge in [0.05, 0.1) is 18.2 Å². The first-order valence-electron chi connectivity index (χ1n) is 10.8. The molecule has 30 heavy (non-hydrogen) atoms. The van der Waals surface area contributed by atoms with Gasteiger partial charge in [0.15, 0.2) is 0 Å². The molecule has 7 heteroatoms. The summed E-state index contributed by atoms with van der Waals surface area (Å²) >= 11 is 0. The van der Waals surface area contributed by atoms with Crippen molar-refractivity contribution in [2.24, 2.45) is 0 Å². The van der Waals surface area contributed by atoms with Crippen LogP contribution in [0.15, 0.2) is 35.5 Å². The van der Waals surface area contributed by atoms with Crippen LogP contribution in [-0.4, -0.2) is 36.0 Å². The van der Waals surface area contributed by atoms with E-state index >= 15 is 0 Å². The number of hydrogen-bond acceptors (Lipinski definition) is 4. The Labute approximate surface area is 178 Å². The van der Waals surface area contributed by atoms with Crippen LogP contribution >= 0.6 is 0 Å². The Morgan fingerprint density at radius 3 is 2.60 bits per heavy atom. The van der Waals surface area contributed by atoms with Crippen LogP contribution in [0.1, 0.15) is 71.4 Å². The van der Waals surface area contributed by atoms with E-state index < -0.39 is 12.0 Å². The lowest BCUT2D eigenvalue weighted by Crippen LogP contribution is -2.48. The number of esters is 1. The predicted octanol–water partition coefficient (Wildman–Crippen LogP) is 4.52. The molecule has 164 valence electrons. The zero-order chi connectivity index (χ0) is 22.1. The van der Waals surface area contributed by atoms with E-state index in [1.54, 1.807) is 36.9 Å². The third kappa shape index (κ3) is 5.84. The highest BCUT2D eigenvalue weighted by molar-refractivity contribution is 5.95. The van der Waals surface area contributed by atoms with Crippen molar-refractivity contribution in [2.45, 2.75) is 65.8 Å². The Morgan fingerprint density at radius 1 is 1.17 bits per heavy atom. The van der Waals surface area contributed by atoms with Gasteiger partial charge in [0.2, 0.25) is 5.91 Å². The fourth-order valence-corrected chi connectivity index (χ4v) is 3.55. The van der Waals surface area contributed by atoms with Crippen molar-refractivity contribution in [3.05, 3.63) is 41.1 Å². The number of allylic oxidation sites excluding steroid dienone is 1. The molecule has 0 spiro atoms. The van der Waals surface area contributed by atoms with Crippen LogP contribution in [0.5, 0.6) is 0 Å². The lowest BCUT2D eigenvalue weighted by Gasteiger charge is -2.35. The summed E-state index contributed by atoms with van der Waals surface area (Å²) in [5.41, 5.74) is 2.36. The minimum atomic E-state index is -0.637. The number of nitrogens with one attached hydrogen (secondary N) is 2. The van der Waals surface area contributed by atoms with Crippen molar-refractivity contribution in [3.63, 3.8) is 0 Å². The quantitative estimate of drug-likeness (QED) is 0.434. The fraction of sp³-hybridized carbons (Fsp3) is 0.522. The maximum absolute atomic E-state index is 12.7. The number of benzene rings is 1. The van der Waals surface area contributed by atoms with Crippen LogP contribution < -0.4 is 10.6 Å². The third-order valence-electron chi connectivity index (χ3n) is 5.05. The van der Waals surface area contributed by atoms with Crippen molar-refractivity contribution in [3.8, 4) is 0 Å². The molecule has 0 saturated heterocycles. The van der Waals surface area contributed by atoms with Gasteiger partial charge in [-0.3, -0.25) is 9.69 Å². The van der Waals surface area contributed by atoms with Gasteiger partial charge in [-0.2, -0.15) is 0 Å². The SMILES string of the molecule is CCCCCC(=O)Nc1cccc(C2NC(=O)N(CCC)C(C)=C2C(=O)OCC)c1. The van der Waals surface area contributed by atoms with Gasteiger partial charge in [0.25, 0.3) is 0 Å². The average molecular weight is 416 g/mol. The Bertz CT molecular complexity index is 803. The van der Waals surface area contributed by atoms with E-state index in [0.29, 0.717) is 35.5 Å². The average Bonchev–Trinajstić information content (AvgIpc) is 2.71. The molecule has 3 amide bonds. The summed E-state index contributed by atoms with van der Waals surface area (Å²) in [6.45, 7) is 8.36. The Hall–Kier alpha value is -2.83. The number of urea groups is 1. The van der Waals surface area contributed by atoms with Gasteiger partial charge >= 0.3 is 12.0 Å². The molecule has 0 aromatic heterocycles. The molecule has 1 heterocycles. The number of nitrogens with zero attached hydrogens (tertiary/aromatic N) is 1. The lowest BCUT2D eigenvalue weighted by molar-refractivity contribution is -0.139. The number of rotatable bonds is 10. The third-order valence-corrected chi connectivity index (χ3v) is 5.05. The van der Waals surface area contributed by atoms with Crippen molar-refractivity contribution in [1.82, 2.24) is 10.2 Å². The van der Waals surface area contributed by atoms with Gasteiger partial charge in [-0.15, -0.1) is 0 Å². The molecule has 1 aliphatic heterocycles. The highest BCUT2D eigenvalue weighted by Gasteiger charge is 2.36. The maximum Gasteiger partial charge on any atom is 0.338 e. The Morgan fingerprint density at radius 2 is 1.93 bits per heavy atom. The minimum absolute atomic E-state index is 0.0419. The second kappa shape index (κ2) is 11.4. The van der Waals surface area contributed by atoms with Crippen LogP contribution in [-0.2, 0) is 14.3 Å². The number of amides is 3. The molecule has 0 radical (unpaired) electrons. The molecule has 1 unspecified atom stereocenters. The molecule has 7 nitrogen and oxygen atoms in total. The minimum Gasteiger partial charge on any atom is -0.463 e. The molecule has 2 rings (SSSR count). The van der Waals surface area contributed by atoms with Gasteiger partial charge in [0.1, 0.15) is 0 Å². The number of ether oxygens (including phenoxy) is 1. The molecule has 1 aromatic rings. The predicted molar refractivity (Wildman–Crippen MR) is 117 cm³/mol. The van der Waals surface area contributed by atoms with Gasteiger partial charge in [-0.05, 0) is 44.4 Å². The number of carbonyl (C=O) groups is 3. The number of hydrogen-bond donors (Lipinski definition) is 2. The Balaban J connectivity index is 2.32. The maximum atomic E-state index is 12.7. The summed E-state index contributed by atoms with van der Waals surface area (Å²) in [7, 11) is 0. The van der Waals surface area contributed by atoms with Gasteiger partial charge in [0, 0.05) is 24.4 Å². The van der Waals surface area contributed by atoms with Crippen LogP contribution in [0, 0.1) is 0 Å². The van der Waals surface area contributed by atoms with Crippen molar-refractivity contribution in [1.29, 1.82) is 0 Å². The monoisotopic (exact) mass is 415 g/mol. The first kappa shape index (κ1) is 23.4. The highest BCUT2D eigenvalue weighted by Crippen LogP contribution is 2.32. The number of carbonyl (C=O) groups excluding carboxylic acids is 3. The van der Waals surface area contributed by atoms with E-state index in [4.69, 9.17) is 4.74 Å². The van der Waals surface area contributed by atoms with Gasteiger partial charge in [-0.1, -0.05) is 38.8 Å². The first-order chi connectivity index (χ1) is 14.4. The summed E-state index contributed by atoms with van der Waals surface area (Å²) in [4.78, 5) is 39.2. The molecule has 2 N–H and O–H groups in total. The topological polar surface area (TPSA) is 87.7 Å². The molecule has 1 atom stereocenters. The summed E-state index contributed by atoms with van der Waals surface area (Å²) in [6.07, 6.45) is 4.16. The first-order valence-corrected chi connectivity index (χ1v) is 10.8. The molecular weight excluding hydrogens is 382 g/mol. The van der Waals surface area contributed by atoms with Crippen LogP contribution in [0.2, 0.25) is 0 Å². The summed E-state index contributed by atoms with van der Waals surface area (Å²) < 4.78 is 5.27. The van der Waals surface area contributed by atoms with Crippen molar-refractivity contribution < 1.29 is 19.1 Å². The molecule has 0 fully saturated rings. The van der Waals surface area contributed by atoms with E-state index in [9.17, 15) is 14.4 Å². The molecular formula is C23H33N3O4. The van der Waals surface area contributed by atoms with E-state index in [1.807, 2.05) is 13.0 Å².